The average Bonchev–Trinajstić information content (AvgIpc) is 2.89. The first-order valence-corrected chi connectivity index (χ1v) is 12.4. The first kappa shape index (κ1) is 25.4. The summed E-state index contributed by atoms with van der Waals surface area (Å²) >= 11 is 0. The number of para-hydroxylation sites is 1. The smallest absolute Gasteiger partial charge is 0.339 e. The first-order valence-electron chi connectivity index (χ1n) is 11.0. The Morgan fingerprint density at radius 3 is 2.24 bits per heavy atom. The number of urea groups is 1. The van der Waals surface area contributed by atoms with Crippen molar-refractivity contribution in [2.45, 2.75) is 11.3 Å². The molecule has 188 valence electrons. The highest BCUT2D eigenvalue weighted by Crippen LogP contribution is 2.36. The maximum Gasteiger partial charge on any atom is 0.339 e. The number of amides is 4. The number of rotatable bonds is 8. The van der Waals surface area contributed by atoms with Crippen LogP contribution in [0.25, 0.3) is 6.08 Å². The Labute approximate surface area is 213 Å². The van der Waals surface area contributed by atoms with Crippen LogP contribution in [0.1, 0.15) is 11.1 Å². The van der Waals surface area contributed by atoms with Gasteiger partial charge in [-0.3, -0.25) is 14.9 Å². The molecule has 1 heterocycles. The molecule has 0 aliphatic carbocycles. The fourth-order valence-corrected chi connectivity index (χ4v) is 4.70. The fraction of sp³-hybridized carbons (Fsp3) is 0.0741. The van der Waals surface area contributed by atoms with Crippen LogP contribution >= 0.6 is 0 Å². The van der Waals surface area contributed by atoms with Crippen molar-refractivity contribution < 1.29 is 31.7 Å². The third-order valence-electron chi connectivity index (χ3n) is 5.39. The van der Waals surface area contributed by atoms with Crippen molar-refractivity contribution in [3.8, 4) is 11.5 Å². The Bertz CT molecular complexity index is 1520. The van der Waals surface area contributed by atoms with Crippen molar-refractivity contribution >= 4 is 39.7 Å². The van der Waals surface area contributed by atoms with Crippen LogP contribution < -0.4 is 19.1 Å². The van der Waals surface area contributed by atoms with Gasteiger partial charge in [-0.05, 0) is 54.5 Å². The highest BCUT2D eigenvalue weighted by Gasteiger charge is 2.36. The number of nitrogens with zero attached hydrogens (tertiary/aromatic N) is 1. The van der Waals surface area contributed by atoms with E-state index < -0.39 is 28.0 Å². The van der Waals surface area contributed by atoms with E-state index >= 15 is 0 Å². The van der Waals surface area contributed by atoms with Crippen LogP contribution in [0.5, 0.6) is 11.5 Å². The van der Waals surface area contributed by atoms with Gasteiger partial charge in [-0.2, -0.15) is 8.42 Å². The van der Waals surface area contributed by atoms with Crippen molar-refractivity contribution in [3.05, 3.63) is 102 Å². The number of nitrogens with one attached hydrogen (secondary N) is 1. The molecule has 0 aromatic heterocycles. The van der Waals surface area contributed by atoms with E-state index in [0.717, 1.165) is 4.90 Å². The Morgan fingerprint density at radius 1 is 0.973 bits per heavy atom. The lowest BCUT2D eigenvalue weighted by molar-refractivity contribution is -0.122. The number of methoxy groups -OCH3 is 1. The van der Waals surface area contributed by atoms with E-state index in [0.29, 0.717) is 16.8 Å². The molecule has 3 aromatic carbocycles. The van der Waals surface area contributed by atoms with Gasteiger partial charge < -0.3 is 8.92 Å². The third-order valence-corrected chi connectivity index (χ3v) is 6.63. The van der Waals surface area contributed by atoms with E-state index in [1.54, 1.807) is 60.7 Å². The standard InChI is InChI=1S/C27H22N2O7S/c1-3-10-19-15-18(17-23(35-2)24(19)36-37(33,34)21-13-8-5-9-14-21)16-22-25(30)28-27(32)29(26(22)31)20-11-6-4-7-12-20/h3-9,11-17H,1,10H2,2H3,(H,28,30,32)/b22-16+. The molecule has 10 heteroatoms. The molecule has 0 radical (unpaired) electrons. The molecule has 0 spiro atoms. The molecule has 4 rings (SSSR count). The van der Waals surface area contributed by atoms with E-state index in [-0.39, 0.29) is 28.4 Å². The lowest BCUT2D eigenvalue weighted by Gasteiger charge is -2.26. The molecule has 0 unspecified atom stereocenters. The molecule has 4 amide bonds. The lowest BCUT2D eigenvalue weighted by atomic mass is 10.0. The summed E-state index contributed by atoms with van der Waals surface area (Å²) in [6.45, 7) is 3.70. The van der Waals surface area contributed by atoms with Gasteiger partial charge >= 0.3 is 16.1 Å². The van der Waals surface area contributed by atoms with Gasteiger partial charge in [0.25, 0.3) is 11.8 Å². The van der Waals surface area contributed by atoms with Gasteiger partial charge in [-0.15, -0.1) is 6.58 Å². The molecule has 3 aromatic rings. The summed E-state index contributed by atoms with van der Waals surface area (Å²) < 4.78 is 36.6. The SMILES string of the molecule is C=CCc1cc(/C=C2\C(=O)NC(=O)N(c3ccccc3)C2=O)cc(OC)c1OS(=O)(=O)c1ccccc1. The van der Waals surface area contributed by atoms with Crippen molar-refractivity contribution in [2.75, 3.05) is 12.0 Å². The van der Waals surface area contributed by atoms with Crippen molar-refractivity contribution in [1.29, 1.82) is 0 Å². The van der Waals surface area contributed by atoms with Crippen LogP contribution in [0, 0.1) is 0 Å². The molecule has 1 aliphatic rings. The summed E-state index contributed by atoms with van der Waals surface area (Å²) in [6, 6.07) is 17.9. The van der Waals surface area contributed by atoms with Gasteiger partial charge in [0.05, 0.1) is 12.8 Å². The molecule has 9 nitrogen and oxygen atoms in total. The summed E-state index contributed by atoms with van der Waals surface area (Å²) in [7, 11) is -2.85. The second-order valence-electron chi connectivity index (χ2n) is 7.85. The van der Waals surface area contributed by atoms with Crippen molar-refractivity contribution in [1.82, 2.24) is 5.32 Å². The Morgan fingerprint density at radius 2 is 1.62 bits per heavy atom. The summed E-state index contributed by atoms with van der Waals surface area (Å²) in [5.74, 6) is -1.66. The number of hydrogen-bond donors (Lipinski definition) is 1. The predicted octanol–water partition coefficient (Wildman–Crippen LogP) is 3.86. The zero-order chi connectivity index (χ0) is 26.6. The summed E-state index contributed by atoms with van der Waals surface area (Å²) in [5, 5.41) is 2.17. The van der Waals surface area contributed by atoms with Crippen LogP contribution in [0.2, 0.25) is 0 Å². The van der Waals surface area contributed by atoms with Gasteiger partial charge in [0, 0.05) is 5.56 Å². The van der Waals surface area contributed by atoms with Crippen LogP contribution in [0.3, 0.4) is 0 Å². The number of anilines is 1. The van der Waals surface area contributed by atoms with E-state index in [9.17, 15) is 22.8 Å². The Balaban J connectivity index is 1.77. The topological polar surface area (TPSA) is 119 Å². The molecule has 1 fully saturated rings. The highest BCUT2D eigenvalue weighted by atomic mass is 32.2. The van der Waals surface area contributed by atoms with Gasteiger partial charge in [0.15, 0.2) is 11.5 Å². The summed E-state index contributed by atoms with van der Waals surface area (Å²) in [4.78, 5) is 38.9. The molecule has 1 N–H and O–H groups in total. The summed E-state index contributed by atoms with van der Waals surface area (Å²) in [6.07, 6.45) is 3.04. The maximum atomic E-state index is 13.2. The Hall–Kier alpha value is -4.70. The number of allylic oxidation sites excluding steroid dienone is 1. The number of benzene rings is 3. The average molecular weight is 519 g/mol. The second kappa shape index (κ2) is 10.5. The van der Waals surface area contributed by atoms with E-state index in [2.05, 4.69) is 11.9 Å². The number of carbonyl (C=O) groups excluding carboxylic acids is 3. The Kier molecular flexibility index (Phi) is 7.21. The van der Waals surface area contributed by atoms with E-state index in [4.69, 9.17) is 8.92 Å². The van der Waals surface area contributed by atoms with Crippen LogP contribution in [0.15, 0.2) is 95.9 Å². The van der Waals surface area contributed by atoms with Gasteiger partial charge in [0.2, 0.25) is 0 Å². The van der Waals surface area contributed by atoms with Crippen LogP contribution in [-0.2, 0) is 26.1 Å². The monoisotopic (exact) mass is 518 g/mol. The quantitative estimate of drug-likeness (QED) is 0.208. The van der Waals surface area contributed by atoms with Crippen molar-refractivity contribution in [3.63, 3.8) is 0 Å². The van der Waals surface area contributed by atoms with E-state index in [1.165, 1.54) is 31.4 Å². The first-order chi connectivity index (χ1) is 17.7. The minimum Gasteiger partial charge on any atom is -0.493 e. The molecule has 0 saturated carbocycles. The number of imide groups is 2. The largest absolute Gasteiger partial charge is 0.493 e. The molecule has 1 aliphatic heterocycles. The molecule has 1 saturated heterocycles. The molecular formula is C27H22N2O7S. The second-order valence-corrected chi connectivity index (χ2v) is 9.39. The third kappa shape index (κ3) is 5.29. The normalized spacial score (nSPS) is 14.9. The van der Waals surface area contributed by atoms with Gasteiger partial charge in [-0.25, -0.2) is 9.69 Å². The van der Waals surface area contributed by atoms with Crippen LogP contribution in [-0.4, -0.2) is 33.4 Å². The lowest BCUT2D eigenvalue weighted by Crippen LogP contribution is -2.54. The van der Waals surface area contributed by atoms with E-state index in [1.807, 2.05) is 0 Å². The van der Waals surface area contributed by atoms with Gasteiger partial charge in [0.1, 0.15) is 10.5 Å². The number of barbiturate groups is 1. The minimum atomic E-state index is -4.18. The zero-order valence-corrected chi connectivity index (χ0v) is 20.5. The summed E-state index contributed by atoms with van der Waals surface area (Å²) in [5.41, 5.74) is 0.739. The highest BCUT2D eigenvalue weighted by molar-refractivity contribution is 7.87. The minimum absolute atomic E-state index is 0.0389. The molecule has 0 atom stereocenters. The van der Waals surface area contributed by atoms with Crippen molar-refractivity contribution in [2.24, 2.45) is 0 Å². The van der Waals surface area contributed by atoms with Gasteiger partial charge in [-0.1, -0.05) is 42.5 Å². The fourth-order valence-electron chi connectivity index (χ4n) is 3.70. The molecule has 0 bridgehead atoms. The zero-order valence-electron chi connectivity index (χ0n) is 19.7. The predicted molar refractivity (Wildman–Crippen MR) is 137 cm³/mol. The molecular weight excluding hydrogens is 496 g/mol. The number of ether oxygens (including phenoxy) is 1. The maximum absolute atomic E-state index is 13.2. The number of hydrogen-bond acceptors (Lipinski definition) is 7. The van der Waals surface area contributed by atoms with Crippen LogP contribution in [0.4, 0.5) is 10.5 Å². The molecule has 37 heavy (non-hydrogen) atoms. The number of carbonyl (C=O) groups is 3.